The number of nitrogens with two attached hydrogens (primary N) is 1. The minimum Gasteiger partial charge on any atom is -0.398 e. The van der Waals surface area contributed by atoms with Crippen LogP contribution >= 0.6 is 15.9 Å². The minimum absolute atomic E-state index is 0.284. The lowest BCUT2D eigenvalue weighted by atomic mass is 10.1. The van der Waals surface area contributed by atoms with Crippen molar-refractivity contribution in [3.05, 3.63) is 52.0 Å². The normalized spacial score (nSPS) is 11.4. The van der Waals surface area contributed by atoms with Crippen molar-refractivity contribution in [3.8, 4) is 0 Å². The summed E-state index contributed by atoms with van der Waals surface area (Å²) in [7, 11) is 0. The third-order valence-electron chi connectivity index (χ3n) is 2.82. The topological polar surface area (TPSA) is 38.0 Å². The van der Waals surface area contributed by atoms with E-state index in [0.29, 0.717) is 11.4 Å². The third-order valence-corrected chi connectivity index (χ3v) is 3.67. The summed E-state index contributed by atoms with van der Waals surface area (Å²) in [6.45, 7) is 1.93. The molecule has 0 spiro atoms. The molecule has 0 aliphatic carbocycles. The van der Waals surface area contributed by atoms with E-state index in [1.165, 1.54) is 12.1 Å². The molecule has 0 unspecified atom stereocenters. The second kappa shape index (κ2) is 5.36. The molecule has 0 atom stereocenters. The number of nitrogen functional groups attached to an aromatic ring is 1. The maximum atomic E-state index is 12.8. The van der Waals surface area contributed by atoms with Crippen LogP contribution in [0.3, 0.4) is 0 Å². The highest BCUT2D eigenvalue weighted by Gasteiger charge is 2.33. The molecule has 2 rings (SSSR count). The number of halogens is 4. The number of alkyl halides is 3. The Morgan fingerprint density at radius 3 is 2.25 bits per heavy atom. The molecule has 106 valence electrons. The van der Waals surface area contributed by atoms with Crippen molar-refractivity contribution in [3.63, 3.8) is 0 Å². The minimum atomic E-state index is -4.46. The Morgan fingerprint density at radius 1 is 1.05 bits per heavy atom. The van der Waals surface area contributed by atoms with Gasteiger partial charge < -0.3 is 11.1 Å². The monoisotopic (exact) mass is 344 g/mol. The molecule has 3 N–H and O–H groups in total. The van der Waals surface area contributed by atoms with Gasteiger partial charge in [0.05, 0.1) is 5.56 Å². The summed E-state index contributed by atoms with van der Waals surface area (Å²) in [6.07, 6.45) is -4.46. The van der Waals surface area contributed by atoms with E-state index >= 15 is 0 Å². The Balaban J connectivity index is 2.32. The fraction of sp³-hybridized carbons (Fsp3) is 0.143. The molecule has 2 nitrogen and oxygen atoms in total. The van der Waals surface area contributed by atoms with Crippen molar-refractivity contribution in [2.24, 2.45) is 0 Å². The van der Waals surface area contributed by atoms with Gasteiger partial charge in [0.25, 0.3) is 0 Å². The number of aryl methyl sites for hydroxylation is 1. The number of anilines is 3. The van der Waals surface area contributed by atoms with E-state index in [2.05, 4.69) is 21.2 Å². The Morgan fingerprint density at radius 2 is 1.65 bits per heavy atom. The molecule has 0 aliphatic rings. The van der Waals surface area contributed by atoms with Gasteiger partial charge in [0.2, 0.25) is 0 Å². The molecule has 0 fully saturated rings. The highest BCUT2D eigenvalue weighted by molar-refractivity contribution is 9.10. The van der Waals surface area contributed by atoms with Crippen LogP contribution in [0.25, 0.3) is 0 Å². The first-order valence-electron chi connectivity index (χ1n) is 5.77. The summed E-state index contributed by atoms with van der Waals surface area (Å²) in [5.41, 5.74) is 6.31. The van der Waals surface area contributed by atoms with Gasteiger partial charge in [-0.1, -0.05) is 22.0 Å². The van der Waals surface area contributed by atoms with Crippen molar-refractivity contribution < 1.29 is 13.2 Å². The molecule has 0 aromatic heterocycles. The summed E-state index contributed by atoms with van der Waals surface area (Å²) in [5, 5.41) is 2.93. The molecule has 0 radical (unpaired) electrons. The number of benzene rings is 2. The molecular formula is C14H12BrF3N2. The Hall–Kier alpha value is -1.69. The van der Waals surface area contributed by atoms with Gasteiger partial charge in [-0.3, -0.25) is 0 Å². The van der Waals surface area contributed by atoms with Crippen molar-refractivity contribution in [1.82, 2.24) is 0 Å². The zero-order chi connectivity index (χ0) is 14.9. The lowest BCUT2D eigenvalue weighted by molar-refractivity contribution is -0.136. The zero-order valence-electron chi connectivity index (χ0n) is 10.6. The van der Waals surface area contributed by atoms with Crippen molar-refractivity contribution >= 4 is 33.0 Å². The molecule has 6 heteroatoms. The Bertz CT molecular complexity index is 639. The quantitative estimate of drug-likeness (QED) is 0.743. The van der Waals surface area contributed by atoms with E-state index in [1.54, 1.807) is 12.1 Å². The summed E-state index contributed by atoms with van der Waals surface area (Å²) < 4.78 is 39.2. The van der Waals surface area contributed by atoms with Crippen LogP contribution in [-0.2, 0) is 6.18 Å². The third kappa shape index (κ3) is 3.25. The molecule has 0 saturated heterocycles. The van der Waals surface area contributed by atoms with Crippen molar-refractivity contribution in [2.45, 2.75) is 13.1 Å². The highest BCUT2D eigenvalue weighted by atomic mass is 79.9. The summed E-state index contributed by atoms with van der Waals surface area (Å²) in [4.78, 5) is 0. The van der Waals surface area contributed by atoms with Gasteiger partial charge in [-0.25, -0.2) is 0 Å². The second-order valence-corrected chi connectivity index (χ2v) is 5.24. The van der Waals surface area contributed by atoms with Crippen LogP contribution < -0.4 is 11.1 Å². The molecule has 2 aromatic carbocycles. The van der Waals surface area contributed by atoms with Gasteiger partial charge in [-0.05, 0) is 42.8 Å². The van der Waals surface area contributed by atoms with Crippen LogP contribution in [0, 0.1) is 6.92 Å². The lowest BCUT2D eigenvalue weighted by Gasteiger charge is -2.13. The fourth-order valence-corrected chi connectivity index (χ4v) is 2.10. The molecule has 0 aliphatic heterocycles. The molecular weight excluding hydrogens is 333 g/mol. The van der Waals surface area contributed by atoms with Crippen LogP contribution in [0.1, 0.15) is 11.1 Å². The van der Waals surface area contributed by atoms with Gasteiger partial charge in [0.15, 0.2) is 0 Å². The summed E-state index contributed by atoms with van der Waals surface area (Å²) in [6, 6.07) is 9.23. The second-order valence-electron chi connectivity index (χ2n) is 4.39. The molecule has 0 heterocycles. The smallest absolute Gasteiger partial charge is 0.398 e. The number of hydrogen-bond acceptors (Lipinski definition) is 2. The summed E-state index contributed by atoms with van der Waals surface area (Å²) in [5.74, 6) is 0. The van der Waals surface area contributed by atoms with Gasteiger partial charge in [-0.15, -0.1) is 0 Å². The van der Waals surface area contributed by atoms with Crippen LogP contribution in [0.2, 0.25) is 0 Å². The van der Waals surface area contributed by atoms with Crippen LogP contribution in [0.4, 0.5) is 30.2 Å². The maximum absolute atomic E-state index is 12.8. The SMILES string of the molecule is Cc1ccc(Nc2ccc(N)c(C(F)(F)F)c2)cc1Br. The number of hydrogen-bond donors (Lipinski definition) is 2. The lowest BCUT2D eigenvalue weighted by Crippen LogP contribution is -2.09. The van der Waals surface area contributed by atoms with Crippen LogP contribution in [-0.4, -0.2) is 0 Å². The standard InChI is InChI=1S/C14H12BrF3N2/c1-8-2-3-10(7-12(8)15)20-9-4-5-13(19)11(6-9)14(16,17)18/h2-7,20H,19H2,1H3. The van der Waals surface area contributed by atoms with Gasteiger partial charge in [0, 0.05) is 21.5 Å². The van der Waals surface area contributed by atoms with E-state index in [0.717, 1.165) is 16.1 Å². The predicted molar refractivity (Wildman–Crippen MR) is 78.0 cm³/mol. The zero-order valence-corrected chi connectivity index (χ0v) is 12.1. The fourth-order valence-electron chi connectivity index (χ4n) is 1.72. The van der Waals surface area contributed by atoms with Gasteiger partial charge in [0.1, 0.15) is 0 Å². The van der Waals surface area contributed by atoms with E-state index in [9.17, 15) is 13.2 Å². The average Bonchev–Trinajstić information content (AvgIpc) is 2.35. The Kier molecular flexibility index (Phi) is 3.94. The molecule has 20 heavy (non-hydrogen) atoms. The molecule has 0 saturated carbocycles. The van der Waals surface area contributed by atoms with Gasteiger partial charge in [-0.2, -0.15) is 13.2 Å². The first-order chi connectivity index (χ1) is 9.27. The average molecular weight is 345 g/mol. The predicted octanol–water partition coefficient (Wildman–Crippen LogP) is 5.10. The van der Waals surface area contributed by atoms with E-state index in [-0.39, 0.29) is 5.69 Å². The number of nitrogens with one attached hydrogen (secondary N) is 1. The largest absolute Gasteiger partial charge is 0.418 e. The van der Waals surface area contributed by atoms with E-state index in [4.69, 9.17) is 5.73 Å². The van der Waals surface area contributed by atoms with Gasteiger partial charge >= 0.3 is 6.18 Å². The Labute approximate surface area is 122 Å². The molecule has 2 aromatic rings. The highest BCUT2D eigenvalue weighted by Crippen LogP contribution is 2.35. The van der Waals surface area contributed by atoms with Crippen LogP contribution in [0.5, 0.6) is 0 Å². The molecule has 0 amide bonds. The number of rotatable bonds is 2. The summed E-state index contributed by atoms with van der Waals surface area (Å²) >= 11 is 3.38. The van der Waals surface area contributed by atoms with Crippen LogP contribution in [0.15, 0.2) is 40.9 Å². The molecule has 0 bridgehead atoms. The van der Waals surface area contributed by atoms with E-state index in [1.807, 2.05) is 13.0 Å². The van der Waals surface area contributed by atoms with Crippen molar-refractivity contribution in [2.75, 3.05) is 11.1 Å². The first-order valence-corrected chi connectivity index (χ1v) is 6.56. The van der Waals surface area contributed by atoms with E-state index < -0.39 is 11.7 Å². The first kappa shape index (κ1) is 14.7. The van der Waals surface area contributed by atoms with Crippen molar-refractivity contribution in [1.29, 1.82) is 0 Å². The maximum Gasteiger partial charge on any atom is 0.418 e.